The Morgan fingerprint density at radius 3 is 3.10 bits per heavy atom. The molecule has 0 spiro atoms. The lowest BCUT2D eigenvalue weighted by molar-refractivity contribution is 0.583. The van der Waals surface area contributed by atoms with Crippen LogP contribution in [-0.2, 0) is 6.54 Å². The van der Waals surface area contributed by atoms with Crippen LogP contribution in [0, 0.1) is 0 Å². The number of furan rings is 1. The van der Waals surface area contributed by atoms with E-state index in [1.807, 2.05) is 11.4 Å². The Morgan fingerprint density at radius 1 is 1.55 bits per heavy atom. The van der Waals surface area contributed by atoms with Gasteiger partial charge in [0.05, 0.1) is 23.0 Å². The molecule has 0 aliphatic heterocycles. The summed E-state index contributed by atoms with van der Waals surface area (Å²) in [7, 11) is 0. The van der Waals surface area contributed by atoms with Gasteiger partial charge in [0.25, 0.3) is 5.56 Å². The van der Waals surface area contributed by atoms with Crippen LogP contribution in [0.25, 0.3) is 21.5 Å². The first-order chi connectivity index (χ1) is 9.66. The molecule has 0 saturated carbocycles. The SMILES string of the molecule is NC(=S)CCn1cnc2scc(-c3ccco3)c2c1=O. The van der Waals surface area contributed by atoms with Crippen LogP contribution in [0.1, 0.15) is 6.42 Å². The molecule has 20 heavy (non-hydrogen) atoms. The van der Waals surface area contributed by atoms with Gasteiger partial charge >= 0.3 is 0 Å². The van der Waals surface area contributed by atoms with E-state index in [9.17, 15) is 4.79 Å². The maximum atomic E-state index is 12.5. The quantitative estimate of drug-likeness (QED) is 0.749. The lowest BCUT2D eigenvalue weighted by Gasteiger charge is -2.04. The summed E-state index contributed by atoms with van der Waals surface area (Å²) in [5.74, 6) is 0.669. The van der Waals surface area contributed by atoms with E-state index in [1.165, 1.54) is 22.2 Å². The molecular weight excluding hydrogens is 294 g/mol. The zero-order valence-electron chi connectivity index (χ0n) is 10.4. The van der Waals surface area contributed by atoms with Gasteiger partial charge in [-0.05, 0) is 12.1 Å². The van der Waals surface area contributed by atoms with Crippen LogP contribution in [0.15, 0.2) is 39.3 Å². The van der Waals surface area contributed by atoms with E-state index in [-0.39, 0.29) is 5.56 Å². The number of hydrogen-bond donors (Lipinski definition) is 1. The summed E-state index contributed by atoms with van der Waals surface area (Å²) in [6.45, 7) is 0.435. The van der Waals surface area contributed by atoms with E-state index in [0.29, 0.717) is 33.9 Å². The lowest BCUT2D eigenvalue weighted by Crippen LogP contribution is -2.23. The summed E-state index contributed by atoms with van der Waals surface area (Å²) in [5.41, 5.74) is 6.15. The normalized spacial score (nSPS) is 11.0. The minimum Gasteiger partial charge on any atom is -0.464 e. The molecule has 0 aromatic carbocycles. The van der Waals surface area contributed by atoms with Gasteiger partial charge in [-0.25, -0.2) is 4.98 Å². The Kier molecular flexibility index (Phi) is 3.37. The molecule has 0 aliphatic rings. The van der Waals surface area contributed by atoms with Gasteiger partial charge in [0.15, 0.2) is 0 Å². The van der Waals surface area contributed by atoms with Crippen molar-refractivity contribution in [3.05, 3.63) is 40.5 Å². The highest BCUT2D eigenvalue weighted by atomic mass is 32.1. The molecule has 102 valence electrons. The third-order valence-corrected chi connectivity index (χ3v) is 4.04. The number of aryl methyl sites for hydroxylation is 1. The van der Waals surface area contributed by atoms with Gasteiger partial charge in [-0.15, -0.1) is 11.3 Å². The maximum Gasteiger partial charge on any atom is 0.262 e. The first-order valence-corrected chi connectivity index (χ1v) is 7.24. The Bertz CT molecular complexity index is 818. The highest BCUT2D eigenvalue weighted by Crippen LogP contribution is 2.30. The Morgan fingerprint density at radius 2 is 2.40 bits per heavy atom. The second-order valence-corrected chi connectivity index (χ2v) is 5.65. The van der Waals surface area contributed by atoms with Crippen LogP contribution in [0.2, 0.25) is 0 Å². The third kappa shape index (κ3) is 2.25. The minimum atomic E-state index is -0.0982. The second-order valence-electron chi connectivity index (χ2n) is 4.27. The second kappa shape index (κ2) is 5.18. The fraction of sp³-hybridized carbons (Fsp3) is 0.154. The highest BCUT2D eigenvalue weighted by molar-refractivity contribution is 7.80. The molecule has 0 amide bonds. The van der Waals surface area contributed by atoms with Gasteiger partial charge in [-0.2, -0.15) is 0 Å². The summed E-state index contributed by atoms with van der Waals surface area (Å²) in [6, 6.07) is 3.62. The number of aromatic nitrogens is 2. The van der Waals surface area contributed by atoms with E-state index in [0.717, 1.165) is 5.56 Å². The van der Waals surface area contributed by atoms with E-state index in [1.54, 1.807) is 12.3 Å². The van der Waals surface area contributed by atoms with Crippen molar-refractivity contribution in [2.45, 2.75) is 13.0 Å². The predicted molar refractivity (Wildman–Crippen MR) is 83.0 cm³/mol. The molecule has 0 bridgehead atoms. The van der Waals surface area contributed by atoms with Crippen molar-refractivity contribution in [2.75, 3.05) is 0 Å². The van der Waals surface area contributed by atoms with E-state index < -0.39 is 0 Å². The van der Waals surface area contributed by atoms with Crippen LogP contribution in [0.3, 0.4) is 0 Å². The van der Waals surface area contributed by atoms with Crippen molar-refractivity contribution < 1.29 is 4.42 Å². The monoisotopic (exact) mass is 305 g/mol. The largest absolute Gasteiger partial charge is 0.464 e. The molecule has 3 aromatic heterocycles. The Balaban J connectivity index is 2.13. The molecule has 3 rings (SSSR count). The van der Waals surface area contributed by atoms with Gasteiger partial charge < -0.3 is 10.2 Å². The van der Waals surface area contributed by atoms with Crippen molar-refractivity contribution in [1.82, 2.24) is 9.55 Å². The van der Waals surface area contributed by atoms with Gasteiger partial charge in [0.1, 0.15) is 10.6 Å². The molecule has 0 atom stereocenters. The first kappa shape index (κ1) is 13.0. The summed E-state index contributed by atoms with van der Waals surface area (Å²) in [5, 5.41) is 2.46. The highest BCUT2D eigenvalue weighted by Gasteiger charge is 2.14. The van der Waals surface area contributed by atoms with Crippen molar-refractivity contribution >= 4 is 38.8 Å². The number of thiocarbonyl (C=S) groups is 1. The summed E-state index contributed by atoms with van der Waals surface area (Å²) in [6.07, 6.45) is 3.59. The summed E-state index contributed by atoms with van der Waals surface area (Å²) < 4.78 is 6.90. The first-order valence-electron chi connectivity index (χ1n) is 5.95. The molecule has 3 heterocycles. The molecule has 3 aromatic rings. The van der Waals surface area contributed by atoms with Gasteiger partial charge in [-0.1, -0.05) is 12.2 Å². The molecule has 5 nitrogen and oxygen atoms in total. The van der Waals surface area contributed by atoms with Gasteiger partial charge in [-0.3, -0.25) is 9.36 Å². The molecular formula is C13H11N3O2S2. The van der Waals surface area contributed by atoms with Crippen molar-refractivity contribution in [2.24, 2.45) is 5.73 Å². The van der Waals surface area contributed by atoms with E-state index in [2.05, 4.69) is 4.98 Å². The maximum absolute atomic E-state index is 12.5. The predicted octanol–water partition coefficient (Wildman–Crippen LogP) is 2.39. The zero-order chi connectivity index (χ0) is 14.1. The van der Waals surface area contributed by atoms with E-state index >= 15 is 0 Å². The molecule has 0 unspecified atom stereocenters. The molecule has 0 saturated heterocycles. The summed E-state index contributed by atoms with van der Waals surface area (Å²) >= 11 is 6.26. The number of hydrogen-bond acceptors (Lipinski definition) is 5. The molecule has 2 N–H and O–H groups in total. The standard InChI is InChI=1S/C13H11N3O2S2/c14-10(19)3-4-16-7-15-12-11(13(16)17)8(6-20-12)9-2-1-5-18-9/h1-2,5-7H,3-4H2,(H2,14,19). The minimum absolute atomic E-state index is 0.0982. The number of nitrogens with zero attached hydrogens (tertiary/aromatic N) is 2. The Labute approximate surface area is 123 Å². The fourth-order valence-electron chi connectivity index (χ4n) is 1.97. The van der Waals surface area contributed by atoms with E-state index in [4.69, 9.17) is 22.4 Å². The third-order valence-electron chi connectivity index (χ3n) is 2.95. The average molecular weight is 305 g/mol. The molecule has 0 radical (unpaired) electrons. The van der Waals surface area contributed by atoms with Crippen molar-refractivity contribution in [3.63, 3.8) is 0 Å². The molecule has 0 fully saturated rings. The number of thiophene rings is 1. The summed E-state index contributed by atoms with van der Waals surface area (Å²) in [4.78, 5) is 17.9. The van der Waals surface area contributed by atoms with Crippen LogP contribution in [0.4, 0.5) is 0 Å². The average Bonchev–Trinajstić information content (AvgIpc) is 3.06. The van der Waals surface area contributed by atoms with Crippen LogP contribution < -0.4 is 11.3 Å². The van der Waals surface area contributed by atoms with Crippen LogP contribution >= 0.6 is 23.6 Å². The number of rotatable bonds is 4. The van der Waals surface area contributed by atoms with Gasteiger partial charge in [0, 0.05) is 23.9 Å². The van der Waals surface area contributed by atoms with Crippen LogP contribution in [-0.4, -0.2) is 14.5 Å². The zero-order valence-corrected chi connectivity index (χ0v) is 12.0. The lowest BCUT2D eigenvalue weighted by atomic mass is 10.2. The molecule has 0 aliphatic carbocycles. The topological polar surface area (TPSA) is 74.1 Å². The van der Waals surface area contributed by atoms with Crippen molar-refractivity contribution in [3.8, 4) is 11.3 Å². The van der Waals surface area contributed by atoms with Crippen LogP contribution in [0.5, 0.6) is 0 Å². The Hall–Kier alpha value is -1.99. The smallest absolute Gasteiger partial charge is 0.262 e. The number of fused-ring (bicyclic) bond motifs is 1. The fourth-order valence-corrected chi connectivity index (χ4v) is 2.95. The number of nitrogens with two attached hydrogens (primary N) is 1. The van der Waals surface area contributed by atoms with Crippen molar-refractivity contribution in [1.29, 1.82) is 0 Å². The van der Waals surface area contributed by atoms with Gasteiger partial charge in [0.2, 0.25) is 0 Å². The molecule has 7 heteroatoms.